The van der Waals surface area contributed by atoms with Gasteiger partial charge in [-0.05, 0) is 13.2 Å². The standard InChI is InChI=1S/C11H19NO3S2/c1-8-4-3-5-12(8,11(14)15)10(13)9(6-16)7-17-2/h8-9H,3-7H2,1-2H3,(H-,14,15,16)/p+1/t8-,9?,12?/m1/s1. The molecular formula is C11H20NO3S2+. The number of amides is 2. The molecule has 0 aromatic rings. The molecule has 1 N–H and O–H groups in total. The normalized spacial score (nSPS) is 30.2. The van der Waals surface area contributed by atoms with Gasteiger partial charge in [0.15, 0.2) is 0 Å². The monoisotopic (exact) mass is 278 g/mol. The summed E-state index contributed by atoms with van der Waals surface area (Å²) >= 11 is 5.74. The lowest BCUT2D eigenvalue weighted by Crippen LogP contribution is -2.61. The average molecular weight is 278 g/mol. The number of hydrogen-bond acceptors (Lipinski definition) is 4. The highest BCUT2D eigenvalue weighted by Gasteiger charge is 2.54. The predicted octanol–water partition coefficient (Wildman–Crippen LogP) is 2.10. The molecule has 1 rings (SSSR count). The third-order valence-electron chi connectivity index (χ3n) is 3.56. The molecule has 1 aliphatic heterocycles. The van der Waals surface area contributed by atoms with E-state index in [2.05, 4.69) is 12.6 Å². The summed E-state index contributed by atoms with van der Waals surface area (Å²) in [4.78, 5) is 24.0. The zero-order valence-electron chi connectivity index (χ0n) is 10.3. The average Bonchev–Trinajstić information content (AvgIpc) is 2.68. The highest BCUT2D eigenvalue weighted by molar-refractivity contribution is 7.98. The third kappa shape index (κ3) is 2.63. The zero-order chi connectivity index (χ0) is 13.1. The van der Waals surface area contributed by atoms with Crippen LogP contribution in [-0.4, -0.2) is 51.9 Å². The van der Waals surface area contributed by atoms with Gasteiger partial charge in [0.05, 0.1) is 12.5 Å². The summed E-state index contributed by atoms with van der Waals surface area (Å²) in [5.74, 6) is 0.610. The minimum Gasteiger partial charge on any atom is -0.435 e. The van der Waals surface area contributed by atoms with E-state index in [1.807, 2.05) is 13.2 Å². The number of carboxylic acid groups (broad SMARTS) is 1. The fraction of sp³-hybridized carbons (Fsp3) is 0.818. The molecule has 0 saturated carbocycles. The van der Waals surface area contributed by atoms with Crippen LogP contribution in [0.2, 0.25) is 0 Å². The van der Waals surface area contributed by atoms with Gasteiger partial charge in [0.2, 0.25) is 0 Å². The van der Waals surface area contributed by atoms with E-state index in [0.717, 1.165) is 12.8 Å². The Morgan fingerprint density at radius 3 is 2.59 bits per heavy atom. The molecule has 1 heterocycles. The molecule has 0 aliphatic carbocycles. The van der Waals surface area contributed by atoms with E-state index in [4.69, 9.17) is 0 Å². The summed E-state index contributed by atoms with van der Waals surface area (Å²) < 4.78 is -0.397. The van der Waals surface area contributed by atoms with E-state index in [-0.39, 0.29) is 17.9 Å². The molecule has 0 radical (unpaired) electrons. The highest BCUT2D eigenvalue weighted by Crippen LogP contribution is 2.31. The maximum Gasteiger partial charge on any atom is 0.521 e. The van der Waals surface area contributed by atoms with Crippen LogP contribution in [0.4, 0.5) is 4.79 Å². The van der Waals surface area contributed by atoms with E-state index >= 15 is 0 Å². The fourth-order valence-electron chi connectivity index (χ4n) is 2.51. The number of thioether (sulfide) groups is 1. The summed E-state index contributed by atoms with van der Waals surface area (Å²) in [7, 11) is 0. The molecule has 98 valence electrons. The van der Waals surface area contributed by atoms with Crippen LogP contribution in [0, 0.1) is 5.92 Å². The lowest BCUT2D eigenvalue weighted by atomic mass is 10.1. The first-order chi connectivity index (χ1) is 8.00. The summed E-state index contributed by atoms with van der Waals surface area (Å²) in [6.07, 6.45) is 2.52. The van der Waals surface area contributed by atoms with Crippen molar-refractivity contribution in [3.05, 3.63) is 0 Å². The largest absolute Gasteiger partial charge is 0.521 e. The van der Waals surface area contributed by atoms with Crippen molar-refractivity contribution < 1.29 is 19.2 Å². The Hall–Kier alpha value is -0.200. The van der Waals surface area contributed by atoms with E-state index in [1.54, 1.807) is 11.8 Å². The number of quaternary nitrogens is 1. The van der Waals surface area contributed by atoms with E-state index in [9.17, 15) is 14.7 Å². The van der Waals surface area contributed by atoms with Crippen molar-refractivity contribution in [2.75, 3.05) is 24.3 Å². The second kappa shape index (κ2) is 6.11. The summed E-state index contributed by atoms with van der Waals surface area (Å²) in [6.45, 7) is 2.28. The molecule has 2 amide bonds. The van der Waals surface area contributed by atoms with Crippen LogP contribution in [0.3, 0.4) is 0 Å². The maximum atomic E-state index is 12.5. The van der Waals surface area contributed by atoms with E-state index in [0.29, 0.717) is 18.1 Å². The lowest BCUT2D eigenvalue weighted by Gasteiger charge is -2.32. The first-order valence-electron chi connectivity index (χ1n) is 5.76. The van der Waals surface area contributed by atoms with Crippen molar-refractivity contribution in [1.82, 2.24) is 0 Å². The zero-order valence-corrected chi connectivity index (χ0v) is 12.0. The number of imide groups is 1. The Labute approximate surface area is 112 Å². The second-order valence-corrected chi connectivity index (χ2v) is 5.82. The minimum atomic E-state index is -1.01. The number of rotatable bonds is 4. The molecule has 0 aromatic carbocycles. The van der Waals surface area contributed by atoms with E-state index < -0.39 is 10.6 Å². The highest BCUT2D eigenvalue weighted by atomic mass is 32.2. The maximum absolute atomic E-state index is 12.5. The smallest absolute Gasteiger partial charge is 0.435 e. The summed E-state index contributed by atoms with van der Waals surface area (Å²) in [5.41, 5.74) is 0. The number of hydrogen-bond donors (Lipinski definition) is 2. The Kier molecular flexibility index (Phi) is 5.34. The summed E-state index contributed by atoms with van der Waals surface area (Å²) in [5, 5.41) is 9.44. The number of thiol groups is 1. The Balaban J connectivity index is 2.99. The van der Waals surface area contributed by atoms with Crippen molar-refractivity contribution in [1.29, 1.82) is 0 Å². The molecular weight excluding hydrogens is 258 g/mol. The van der Waals surface area contributed by atoms with Crippen molar-refractivity contribution in [2.24, 2.45) is 5.92 Å². The van der Waals surface area contributed by atoms with Gasteiger partial charge in [0, 0.05) is 24.3 Å². The van der Waals surface area contributed by atoms with Crippen molar-refractivity contribution in [3.63, 3.8) is 0 Å². The third-order valence-corrected chi connectivity index (χ3v) is 4.73. The summed E-state index contributed by atoms with van der Waals surface area (Å²) in [6, 6.07) is -0.121. The Bertz CT molecular complexity index is 311. The van der Waals surface area contributed by atoms with Crippen LogP contribution in [0.1, 0.15) is 19.8 Å². The van der Waals surface area contributed by atoms with Crippen molar-refractivity contribution >= 4 is 36.4 Å². The van der Waals surface area contributed by atoms with Gasteiger partial charge < -0.3 is 5.11 Å². The van der Waals surface area contributed by atoms with Crippen LogP contribution >= 0.6 is 24.4 Å². The number of carbonyl (C=O) groups excluding carboxylic acids is 1. The van der Waals surface area contributed by atoms with Gasteiger partial charge in [0.25, 0.3) is 0 Å². The van der Waals surface area contributed by atoms with Crippen LogP contribution in [0.5, 0.6) is 0 Å². The molecule has 0 aromatic heterocycles. The van der Waals surface area contributed by atoms with Gasteiger partial charge >= 0.3 is 12.0 Å². The van der Waals surface area contributed by atoms with Crippen LogP contribution in [0.25, 0.3) is 0 Å². The topological polar surface area (TPSA) is 54.4 Å². The number of nitrogens with zero attached hydrogens (tertiary/aromatic N) is 1. The molecule has 4 nitrogen and oxygen atoms in total. The van der Waals surface area contributed by atoms with Crippen LogP contribution < -0.4 is 0 Å². The van der Waals surface area contributed by atoms with Gasteiger partial charge in [-0.15, -0.1) is 0 Å². The van der Waals surface area contributed by atoms with Gasteiger partial charge in [-0.2, -0.15) is 33.7 Å². The molecule has 17 heavy (non-hydrogen) atoms. The Morgan fingerprint density at radius 2 is 2.24 bits per heavy atom. The second-order valence-electron chi connectivity index (χ2n) is 4.54. The van der Waals surface area contributed by atoms with Crippen molar-refractivity contribution in [3.8, 4) is 0 Å². The molecule has 3 atom stereocenters. The van der Waals surface area contributed by atoms with E-state index in [1.165, 1.54) is 0 Å². The minimum absolute atomic E-state index is 0.121. The van der Waals surface area contributed by atoms with Crippen molar-refractivity contribution in [2.45, 2.75) is 25.8 Å². The van der Waals surface area contributed by atoms with Crippen LogP contribution in [-0.2, 0) is 4.79 Å². The van der Waals surface area contributed by atoms with Gasteiger partial charge in [-0.3, -0.25) is 0 Å². The first-order valence-corrected chi connectivity index (χ1v) is 7.78. The van der Waals surface area contributed by atoms with Gasteiger partial charge in [-0.25, -0.2) is 4.79 Å². The molecule has 2 unspecified atom stereocenters. The quantitative estimate of drug-likeness (QED) is 0.611. The predicted molar refractivity (Wildman–Crippen MR) is 72.6 cm³/mol. The fourth-order valence-corrected chi connectivity index (χ4v) is 3.63. The van der Waals surface area contributed by atoms with Gasteiger partial charge in [-0.1, -0.05) is 0 Å². The number of carbonyl (C=O) groups is 2. The SMILES string of the molecule is CSCC(CS)C(=O)[N+]1(C(=O)O)CCC[C@H]1C. The first kappa shape index (κ1) is 14.9. The lowest BCUT2D eigenvalue weighted by molar-refractivity contribution is -0.793. The molecule has 1 fully saturated rings. The molecule has 0 bridgehead atoms. The number of likely N-dealkylation sites (tertiary alicyclic amines) is 1. The van der Waals surface area contributed by atoms with Gasteiger partial charge in [0.1, 0.15) is 6.04 Å². The Morgan fingerprint density at radius 1 is 1.59 bits per heavy atom. The van der Waals surface area contributed by atoms with Crippen LogP contribution in [0.15, 0.2) is 0 Å². The molecule has 1 saturated heterocycles. The molecule has 0 spiro atoms. The molecule has 6 heteroatoms. The molecule has 1 aliphatic rings.